The highest BCUT2D eigenvalue weighted by Gasteiger charge is 2.25. The third-order valence-corrected chi connectivity index (χ3v) is 4.52. The van der Waals surface area contributed by atoms with Crippen LogP contribution in [0.1, 0.15) is 17.3 Å². The minimum absolute atomic E-state index is 0.0835. The minimum Gasteiger partial charge on any atom is -0.392 e. The molecule has 20 heavy (non-hydrogen) atoms. The third kappa shape index (κ3) is 3.56. The number of hydrogen-bond acceptors (Lipinski definition) is 3. The number of thiocarbonyl (C=S) groups is 1. The fraction of sp³-hybridized carbons (Fsp3) is 0.429. The van der Waals surface area contributed by atoms with E-state index in [2.05, 4.69) is 20.8 Å². The van der Waals surface area contributed by atoms with Gasteiger partial charge in [0.15, 0.2) is 0 Å². The first-order valence-electron chi connectivity index (χ1n) is 6.57. The largest absolute Gasteiger partial charge is 0.392 e. The van der Waals surface area contributed by atoms with E-state index in [0.717, 1.165) is 23.1 Å². The van der Waals surface area contributed by atoms with Gasteiger partial charge in [-0.1, -0.05) is 28.1 Å². The van der Waals surface area contributed by atoms with Gasteiger partial charge in [-0.15, -0.1) is 0 Å². The molecule has 1 saturated heterocycles. The number of carbonyl (C=O) groups excluding carboxylic acids is 1. The van der Waals surface area contributed by atoms with Gasteiger partial charge >= 0.3 is 0 Å². The second-order valence-electron chi connectivity index (χ2n) is 4.91. The van der Waals surface area contributed by atoms with Gasteiger partial charge in [-0.25, -0.2) is 0 Å². The number of carbonyl (C=O) groups is 1. The van der Waals surface area contributed by atoms with Crippen LogP contribution in [0.3, 0.4) is 0 Å². The molecule has 1 amide bonds. The van der Waals surface area contributed by atoms with Crippen molar-refractivity contribution in [3.05, 3.63) is 34.3 Å². The average molecular weight is 356 g/mol. The van der Waals surface area contributed by atoms with Gasteiger partial charge in [-0.05, 0) is 31.2 Å². The molecule has 0 aromatic heterocycles. The number of nitrogens with two attached hydrogens (primary N) is 1. The number of amides is 1. The molecule has 0 radical (unpaired) electrons. The van der Waals surface area contributed by atoms with Crippen molar-refractivity contribution in [2.75, 3.05) is 26.2 Å². The quantitative estimate of drug-likeness (QED) is 0.841. The highest BCUT2D eigenvalue weighted by atomic mass is 79.9. The van der Waals surface area contributed by atoms with E-state index in [0.29, 0.717) is 18.1 Å². The highest BCUT2D eigenvalue weighted by molar-refractivity contribution is 9.10. The van der Waals surface area contributed by atoms with Gasteiger partial charge in [0.25, 0.3) is 5.91 Å². The maximum absolute atomic E-state index is 12.4. The Morgan fingerprint density at radius 1 is 1.25 bits per heavy atom. The summed E-state index contributed by atoms with van der Waals surface area (Å²) in [5.74, 6) is 0.0835. The predicted molar refractivity (Wildman–Crippen MR) is 87.9 cm³/mol. The first-order valence-corrected chi connectivity index (χ1v) is 7.77. The average Bonchev–Trinajstić information content (AvgIpc) is 2.46. The van der Waals surface area contributed by atoms with Crippen LogP contribution in [0.4, 0.5) is 0 Å². The van der Waals surface area contributed by atoms with E-state index in [1.54, 1.807) is 0 Å². The number of piperazine rings is 1. The van der Waals surface area contributed by atoms with Crippen LogP contribution in [0, 0.1) is 0 Å². The minimum atomic E-state index is 0.0835. The SMILES string of the molecule is CC(C(N)=S)N1CCN(C(=O)c2ccc(Br)cc2)CC1. The molecule has 1 fully saturated rings. The van der Waals surface area contributed by atoms with E-state index in [1.807, 2.05) is 36.1 Å². The van der Waals surface area contributed by atoms with E-state index in [-0.39, 0.29) is 11.9 Å². The van der Waals surface area contributed by atoms with Crippen LogP contribution in [0.5, 0.6) is 0 Å². The molecule has 108 valence electrons. The summed E-state index contributed by atoms with van der Waals surface area (Å²) in [5, 5.41) is 0. The topological polar surface area (TPSA) is 49.6 Å². The Labute approximate surface area is 133 Å². The Bertz CT molecular complexity index is 498. The van der Waals surface area contributed by atoms with Crippen molar-refractivity contribution >= 4 is 39.0 Å². The van der Waals surface area contributed by atoms with Gasteiger partial charge in [0.05, 0.1) is 11.0 Å². The van der Waals surface area contributed by atoms with Crippen LogP contribution in [0.25, 0.3) is 0 Å². The molecule has 1 aliphatic rings. The van der Waals surface area contributed by atoms with Crippen LogP contribution >= 0.6 is 28.1 Å². The zero-order valence-corrected chi connectivity index (χ0v) is 13.8. The molecule has 2 rings (SSSR count). The molecule has 1 aromatic rings. The molecule has 1 unspecified atom stereocenters. The Morgan fingerprint density at radius 3 is 2.30 bits per heavy atom. The van der Waals surface area contributed by atoms with Crippen molar-refractivity contribution in [1.82, 2.24) is 9.80 Å². The standard InChI is InChI=1S/C14H18BrN3OS/c1-10(13(16)20)17-6-8-18(9-7-17)14(19)11-2-4-12(15)5-3-11/h2-5,10H,6-9H2,1H3,(H2,16,20). The van der Waals surface area contributed by atoms with Crippen molar-refractivity contribution in [1.29, 1.82) is 0 Å². The number of nitrogens with zero attached hydrogens (tertiary/aromatic N) is 2. The van der Waals surface area contributed by atoms with Gasteiger partial charge in [0.1, 0.15) is 0 Å². The summed E-state index contributed by atoms with van der Waals surface area (Å²) in [5.41, 5.74) is 6.40. The highest BCUT2D eigenvalue weighted by Crippen LogP contribution is 2.14. The molecular formula is C14H18BrN3OS. The first-order chi connectivity index (χ1) is 9.49. The maximum atomic E-state index is 12.4. The number of hydrogen-bond donors (Lipinski definition) is 1. The van der Waals surface area contributed by atoms with Gasteiger partial charge in [-0.2, -0.15) is 0 Å². The molecular weight excluding hydrogens is 338 g/mol. The fourth-order valence-electron chi connectivity index (χ4n) is 2.27. The van der Waals surface area contributed by atoms with E-state index in [9.17, 15) is 4.79 Å². The molecule has 0 bridgehead atoms. The van der Waals surface area contributed by atoms with Crippen LogP contribution in [-0.4, -0.2) is 52.9 Å². The summed E-state index contributed by atoms with van der Waals surface area (Å²) in [7, 11) is 0. The van der Waals surface area contributed by atoms with Gasteiger partial charge in [0, 0.05) is 36.2 Å². The molecule has 0 saturated carbocycles. The Kier molecular flexibility index (Phi) is 5.12. The zero-order valence-electron chi connectivity index (χ0n) is 11.4. The van der Waals surface area contributed by atoms with Crippen LogP contribution in [-0.2, 0) is 0 Å². The summed E-state index contributed by atoms with van der Waals surface area (Å²) >= 11 is 8.39. The van der Waals surface area contributed by atoms with E-state index < -0.39 is 0 Å². The summed E-state index contributed by atoms with van der Waals surface area (Å²) < 4.78 is 0.976. The monoisotopic (exact) mass is 355 g/mol. The molecule has 0 aliphatic carbocycles. The number of halogens is 1. The third-order valence-electron chi connectivity index (χ3n) is 3.65. The lowest BCUT2D eigenvalue weighted by molar-refractivity contribution is 0.0621. The Balaban J connectivity index is 1.95. The van der Waals surface area contributed by atoms with E-state index in [4.69, 9.17) is 18.0 Å². The summed E-state index contributed by atoms with van der Waals surface area (Å²) in [4.78, 5) is 17.0. The van der Waals surface area contributed by atoms with Crippen LogP contribution in [0.15, 0.2) is 28.7 Å². The van der Waals surface area contributed by atoms with Gasteiger partial charge in [0.2, 0.25) is 0 Å². The van der Waals surface area contributed by atoms with Crippen molar-refractivity contribution < 1.29 is 4.79 Å². The lowest BCUT2D eigenvalue weighted by Crippen LogP contribution is -2.53. The Hall–Kier alpha value is -0.980. The molecule has 1 atom stereocenters. The molecule has 0 spiro atoms. The van der Waals surface area contributed by atoms with E-state index in [1.165, 1.54) is 0 Å². The number of rotatable bonds is 3. The van der Waals surface area contributed by atoms with Crippen molar-refractivity contribution in [3.8, 4) is 0 Å². The van der Waals surface area contributed by atoms with Crippen LogP contribution < -0.4 is 5.73 Å². The summed E-state index contributed by atoms with van der Waals surface area (Å²) in [6, 6.07) is 7.55. The molecule has 4 nitrogen and oxygen atoms in total. The normalized spacial score (nSPS) is 17.8. The predicted octanol–water partition coefficient (Wildman–Crippen LogP) is 1.88. The van der Waals surface area contributed by atoms with Crippen molar-refractivity contribution in [2.45, 2.75) is 13.0 Å². The summed E-state index contributed by atoms with van der Waals surface area (Å²) in [6.07, 6.45) is 0. The second kappa shape index (κ2) is 6.65. The smallest absolute Gasteiger partial charge is 0.253 e. The summed E-state index contributed by atoms with van der Waals surface area (Å²) in [6.45, 7) is 5.04. The fourth-order valence-corrected chi connectivity index (χ4v) is 2.68. The van der Waals surface area contributed by atoms with Crippen molar-refractivity contribution in [2.24, 2.45) is 5.73 Å². The van der Waals surface area contributed by atoms with E-state index >= 15 is 0 Å². The first kappa shape index (κ1) is 15.4. The second-order valence-corrected chi connectivity index (χ2v) is 6.30. The lowest BCUT2D eigenvalue weighted by atomic mass is 10.1. The van der Waals surface area contributed by atoms with Crippen molar-refractivity contribution in [3.63, 3.8) is 0 Å². The van der Waals surface area contributed by atoms with Gasteiger partial charge < -0.3 is 10.6 Å². The molecule has 1 aliphatic heterocycles. The number of benzene rings is 1. The lowest BCUT2D eigenvalue weighted by Gasteiger charge is -2.37. The molecule has 1 aromatic carbocycles. The molecule has 2 N–H and O–H groups in total. The Morgan fingerprint density at radius 2 is 1.80 bits per heavy atom. The maximum Gasteiger partial charge on any atom is 0.253 e. The van der Waals surface area contributed by atoms with Crippen LogP contribution in [0.2, 0.25) is 0 Å². The van der Waals surface area contributed by atoms with Gasteiger partial charge in [-0.3, -0.25) is 9.69 Å². The molecule has 1 heterocycles. The molecule has 6 heteroatoms. The zero-order chi connectivity index (χ0) is 14.7.